The molecule has 1 spiro atoms. The Kier molecular flexibility index (Phi) is 8.56. The lowest BCUT2D eigenvalue weighted by molar-refractivity contribution is -0.00884. The topological polar surface area (TPSA) is 125 Å². The van der Waals surface area contributed by atoms with Gasteiger partial charge in [0.15, 0.2) is 17.3 Å². The molecule has 11 heteroatoms. The SMILES string of the molecule is Cc1cc(-c2nc(C(N)=O)c(Nc3ccc(N4CCC(N5CCN(C)CC5)CC4)c(C)c3)nc2NC2CCOC3(CC3)C2)ccn1. The Morgan fingerprint density at radius 1 is 0.978 bits per heavy atom. The summed E-state index contributed by atoms with van der Waals surface area (Å²) in [6, 6.07) is 11.1. The van der Waals surface area contributed by atoms with Crippen molar-refractivity contribution in [2.45, 2.75) is 70.1 Å². The number of piperidine rings is 1. The number of likely N-dealkylation sites (N-methyl/N-ethyl adjacent to an activating group) is 1. The first-order valence-corrected chi connectivity index (χ1v) is 16.9. The molecule has 11 nitrogen and oxygen atoms in total. The van der Waals surface area contributed by atoms with Crippen LogP contribution >= 0.6 is 0 Å². The zero-order chi connectivity index (χ0) is 31.8. The number of pyridine rings is 1. The van der Waals surface area contributed by atoms with Crippen molar-refractivity contribution in [1.29, 1.82) is 0 Å². The van der Waals surface area contributed by atoms with E-state index in [9.17, 15) is 4.79 Å². The number of nitrogens with zero attached hydrogens (tertiary/aromatic N) is 6. The Hall–Kier alpha value is -3.80. The minimum absolute atomic E-state index is 0.00409. The molecule has 1 saturated carbocycles. The molecular formula is C35H47N9O2. The molecule has 3 aromatic rings. The van der Waals surface area contributed by atoms with E-state index >= 15 is 0 Å². The predicted octanol–water partition coefficient (Wildman–Crippen LogP) is 4.34. The molecule has 1 aliphatic carbocycles. The molecule has 46 heavy (non-hydrogen) atoms. The van der Waals surface area contributed by atoms with Crippen LogP contribution in [0.5, 0.6) is 0 Å². The summed E-state index contributed by atoms with van der Waals surface area (Å²) in [4.78, 5) is 34.5. The van der Waals surface area contributed by atoms with Crippen molar-refractivity contribution in [2.75, 3.05) is 68.5 Å². The highest BCUT2D eigenvalue weighted by Gasteiger charge is 2.48. The second-order valence-corrected chi connectivity index (χ2v) is 13.7. The standard InChI is InChI=1S/C35H47N9O2/c1-23-20-26(4-5-29(23)44-13-7-28(8-14-44)43-17-15-42(3)16-18-43)38-34-31(32(36)45)40-30(25-6-12-37-24(2)21-25)33(41-34)39-27-9-19-46-35(22-27)10-11-35/h4-6,12,20-21,27-28H,7-11,13-19,22H2,1-3H3,(H2,36,45)(H2,38,39,41). The number of piperazine rings is 1. The average Bonchev–Trinajstić information content (AvgIpc) is 3.79. The molecule has 0 bridgehead atoms. The number of hydrogen-bond donors (Lipinski definition) is 3. The van der Waals surface area contributed by atoms with E-state index in [1.54, 1.807) is 6.20 Å². The maximum absolute atomic E-state index is 12.8. The van der Waals surface area contributed by atoms with Gasteiger partial charge >= 0.3 is 0 Å². The lowest BCUT2D eigenvalue weighted by Gasteiger charge is -2.43. The molecule has 1 aromatic carbocycles. The van der Waals surface area contributed by atoms with Crippen molar-refractivity contribution in [3.05, 3.63) is 53.5 Å². The molecule has 244 valence electrons. The average molecular weight is 626 g/mol. The van der Waals surface area contributed by atoms with E-state index in [0.29, 0.717) is 23.4 Å². The van der Waals surface area contributed by atoms with Crippen molar-refractivity contribution >= 4 is 28.9 Å². The Morgan fingerprint density at radius 2 is 1.76 bits per heavy atom. The van der Waals surface area contributed by atoms with Crippen LogP contribution in [0.15, 0.2) is 36.5 Å². The van der Waals surface area contributed by atoms with E-state index in [0.717, 1.165) is 75.4 Å². The summed E-state index contributed by atoms with van der Waals surface area (Å²) in [5, 5.41) is 7.06. The monoisotopic (exact) mass is 625 g/mol. The molecule has 1 amide bonds. The zero-order valence-corrected chi connectivity index (χ0v) is 27.4. The first-order valence-electron chi connectivity index (χ1n) is 16.9. The Morgan fingerprint density at radius 3 is 2.46 bits per heavy atom. The van der Waals surface area contributed by atoms with E-state index in [4.69, 9.17) is 20.4 Å². The molecule has 4 aliphatic rings. The Bertz CT molecular complexity index is 1580. The fourth-order valence-corrected chi connectivity index (χ4v) is 7.41. The second kappa shape index (κ2) is 12.8. The number of amides is 1. The van der Waals surface area contributed by atoms with Crippen LogP contribution in [0.2, 0.25) is 0 Å². The van der Waals surface area contributed by atoms with Gasteiger partial charge in [-0.2, -0.15) is 0 Å². The predicted molar refractivity (Wildman–Crippen MR) is 182 cm³/mol. The number of hydrogen-bond acceptors (Lipinski definition) is 10. The van der Waals surface area contributed by atoms with Crippen LogP contribution < -0.4 is 21.3 Å². The van der Waals surface area contributed by atoms with E-state index in [2.05, 4.69) is 62.5 Å². The molecule has 3 saturated heterocycles. The molecule has 1 atom stereocenters. The summed E-state index contributed by atoms with van der Waals surface area (Å²) in [5.74, 6) is 0.336. The van der Waals surface area contributed by atoms with Gasteiger partial charge in [0.25, 0.3) is 5.91 Å². The third kappa shape index (κ3) is 6.67. The molecular weight excluding hydrogens is 578 g/mol. The third-order valence-corrected chi connectivity index (χ3v) is 10.3. The Labute approximate surface area is 271 Å². The minimum Gasteiger partial charge on any atom is -0.375 e. The van der Waals surface area contributed by atoms with Crippen LogP contribution in [0.1, 0.15) is 60.3 Å². The van der Waals surface area contributed by atoms with Gasteiger partial charge in [-0.1, -0.05) is 0 Å². The van der Waals surface area contributed by atoms with Crippen LogP contribution in [0.25, 0.3) is 11.3 Å². The largest absolute Gasteiger partial charge is 0.375 e. The van der Waals surface area contributed by atoms with Gasteiger partial charge in [0.1, 0.15) is 5.69 Å². The van der Waals surface area contributed by atoms with Crippen LogP contribution in [0, 0.1) is 13.8 Å². The highest BCUT2D eigenvalue weighted by Crippen LogP contribution is 2.47. The first kappa shape index (κ1) is 30.8. The van der Waals surface area contributed by atoms with Crippen molar-refractivity contribution in [3.63, 3.8) is 0 Å². The number of benzene rings is 1. The number of aryl methyl sites for hydroxylation is 2. The fourth-order valence-electron chi connectivity index (χ4n) is 7.41. The second-order valence-electron chi connectivity index (χ2n) is 13.7. The number of carbonyl (C=O) groups is 1. The van der Waals surface area contributed by atoms with Crippen molar-refractivity contribution in [3.8, 4) is 11.3 Å². The van der Waals surface area contributed by atoms with Gasteiger partial charge in [0.05, 0.1) is 5.60 Å². The smallest absolute Gasteiger partial charge is 0.271 e. The lowest BCUT2D eigenvalue weighted by atomic mass is 10.0. The number of ether oxygens (including phenoxy) is 1. The van der Waals surface area contributed by atoms with Crippen LogP contribution in [-0.2, 0) is 4.74 Å². The number of primary amides is 1. The molecule has 1 unspecified atom stereocenters. The summed E-state index contributed by atoms with van der Waals surface area (Å²) in [6.45, 7) is 11.6. The molecule has 7 rings (SSSR count). The molecule has 5 heterocycles. The van der Waals surface area contributed by atoms with Crippen molar-refractivity contribution in [2.24, 2.45) is 5.73 Å². The number of nitrogens with two attached hydrogens (primary N) is 1. The van der Waals surface area contributed by atoms with Gasteiger partial charge in [-0.3, -0.25) is 14.7 Å². The maximum Gasteiger partial charge on any atom is 0.271 e. The first-order chi connectivity index (χ1) is 22.2. The summed E-state index contributed by atoms with van der Waals surface area (Å²) in [5.41, 5.74) is 11.6. The number of carbonyl (C=O) groups excluding carboxylic acids is 1. The third-order valence-electron chi connectivity index (χ3n) is 10.3. The number of rotatable bonds is 8. The highest BCUT2D eigenvalue weighted by atomic mass is 16.5. The van der Waals surface area contributed by atoms with E-state index < -0.39 is 5.91 Å². The number of aromatic nitrogens is 3. The Balaban J connectivity index is 1.12. The van der Waals surface area contributed by atoms with Gasteiger partial charge in [-0.15, -0.1) is 0 Å². The van der Waals surface area contributed by atoms with E-state index in [1.807, 2.05) is 19.1 Å². The van der Waals surface area contributed by atoms with Gasteiger partial charge in [0.2, 0.25) is 0 Å². The molecule has 3 aliphatic heterocycles. The van der Waals surface area contributed by atoms with Gasteiger partial charge in [0, 0.05) is 86.8 Å². The van der Waals surface area contributed by atoms with Gasteiger partial charge < -0.3 is 30.9 Å². The van der Waals surface area contributed by atoms with Crippen molar-refractivity contribution in [1.82, 2.24) is 24.8 Å². The summed E-state index contributed by atoms with van der Waals surface area (Å²) >= 11 is 0. The fraction of sp³-hybridized carbons (Fsp3) is 0.543. The van der Waals surface area contributed by atoms with Crippen LogP contribution in [0.4, 0.5) is 23.0 Å². The quantitative estimate of drug-likeness (QED) is 0.333. The molecule has 0 radical (unpaired) electrons. The normalized spacial score (nSPS) is 22.2. The maximum atomic E-state index is 12.8. The van der Waals surface area contributed by atoms with Crippen molar-refractivity contribution < 1.29 is 9.53 Å². The van der Waals surface area contributed by atoms with Gasteiger partial charge in [-0.05, 0) is 95.3 Å². The zero-order valence-electron chi connectivity index (χ0n) is 27.4. The van der Waals surface area contributed by atoms with Crippen LogP contribution in [0.3, 0.4) is 0 Å². The van der Waals surface area contributed by atoms with E-state index in [1.165, 1.54) is 37.2 Å². The highest BCUT2D eigenvalue weighted by molar-refractivity contribution is 5.97. The summed E-state index contributed by atoms with van der Waals surface area (Å²) < 4.78 is 6.06. The number of nitrogens with one attached hydrogen (secondary N) is 2. The summed E-state index contributed by atoms with van der Waals surface area (Å²) in [7, 11) is 2.22. The number of anilines is 4. The van der Waals surface area contributed by atoms with Gasteiger partial charge in [-0.25, -0.2) is 9.97 Å². The van der Waals surface area contributed by atoms with E-state index in [-0.39, 0.29) is 17.3 Å². The molecule has 2 aromatic heterocycles. The molecule has 4 N–H and O–H groups in total. The summed E-state index contributed by atoms with van der Waals surface area (Å²) in [6.07, 6.45) is 8.14. The molecule has 4 fully saturated rings. The minimum atomic E-state index is -0.631. The lowest BCUT2D eigenvalue weighted by Crippen LogP contribution is -2.52. The van der Waals surface area contributed by atoms with Crippen LogP contribution in [-0.4, -0.2) is 101 Å².